The van der Waals surface area contributed by atoms with Crippen molar-refractivity contribution in [3.8, 4) is 5.75 Å². The zero-order chi connectivity index (χ0) is 22.0. The maximum atomic E-state index is 12.2. The van der Waals surface area contributed by atoms with Gasteiger partial charge in [-0.2, -0.15) is 0 Å². The number of hydrogen-bond acceptors (Lipinski definition) is 5. The molecule has 1 saturated heterocycles. The lowest BCUT2D eigenvalue weighted by Gasteiger charge is -2.35. The number of methoxy groups -OCH3 is 1. The van der Waals surface area contributed by atoms with Crippen LogP contribution in [-0.2, 0) is 29.4 Å². The minimum absolute atomic E-state index is 0.110. The van der Waals surface area contributed by atoms with Gasteiger partial charge in [0.2, 0.25) is 0 Å². The predicted octanol–water partition coefficient (Wildman–Crippen LogP) is 5.50. The number of hydrogen-bond donors (Lipinski definition) is 0. The van der Waals surface area contributed by atoms with Crippen molar-refractivity contribution in [3.63, 3.8) is 0 Å². The van der Waals surface area contributed by atoms with Crippen molar-refractivity contribution < 1.29 is 23.3 Å². The van der Waals surface area contributed by atoms with Crippen LogP contribution in [0.5, 0.6) is 5.75 Å². The fourth-order valence-corrected chi connectivity index (χ4v) is 4.20. The Morgan fingerprint density at radius 1 is 1.10 bits per heavy atom. The van der Waals surface area contributed by atoms with Crippen molar-refractivity contribution in [3.05, 3.63) is 28.8 Å². The van der Waals surface area contributed by atoms with E-state index in [2.05, 4.69) is 60.6 Å². The number of carbonyl (C=O) groups is 1. The molecule has 29 heavy (non-hydrogen) atoms. The minimum atomic E-state index is -0.338. The summed E-state index contributed by atoms with van der Waals surface area (Å²) in [5.41, 5.74) is 2.66. The van der Waals surface area contributed by atoms with Crippen LogP contribution in [0, 0.1) is 5.41 Å². The molecule has 164 valence electrons. The van der Waals surface area contributed by atoms with Gasteiger partial charge in [0.05, 0.1) is 32.8 Å². The van der Waals surface area contributed by atoms with Crippen LogP contribution in [0.25, 0.3) is 0 Å². The lowest BCUT2D eigenvalue weighted by atomic mass is 9.77. The molecule has 1 fully saturated rings. The van der Waals surface area contributed by atoms with E-state index in [-0.39, 0.29) is 37.2 Å². The molecule has 1 atom stereocenters. The summed E-state index contributed by atoms with van der Waals surface area (Å²) in [6.07, 6.45) is 0. The van der Waals surface area contributed by atoms with Crippen molar-refractivity contribution in [2.75, 3.05) is 26.9 Å². The Bertz CT molecular complexity index is 689. The summed E-state index contributed by atoms with van der Waals surface area (Å²) in [6.45, 7) is 18.8. The highest BCUT2D eigenvalue weighted by atomic mass is 31.1. The molecule has 1 aliphatic heterocycles. The smallest absolute Gasteiger partial charge is 0.312 e. The van der Waals surface area contributed by atoms with E-state index >= 15 is 0 Å². The average molecular weight is 425 g/mol. The van der Waals surface area contributed by atoms with Crippen LogP contribution >= 0.6 is 9.03 Å². The molecule has 1 heterocycles. The van der Waals surface area contributed by atoms with E-state index in [1.165, 1.54) is 7.11 Å². The molecule has 0 bridgehead atoms. The number of rotatable bonds is 5. The molecule has 1 aromatic rings. The van der Waals surface area contributed by atoms with Crippen molar-refractivity contribution in [2.24, 2.45) is 5.41 Å². The first-order chi connectivity index (χ1) is 13.3. The first-order valence-corrected chi connectivity index (χ1v) is 11.0. The molecule has 5 nitrogen and oxygen atoms in total. The topological polar surface area (TPSA) is 54.0 Å². The first kappa shape index (κ1) is 24.1. The molecule has 0 amide bonds. The molecule has 0 aliphatic carbocycles. The Kier molecular flexibility index (Phi) is 7.41. The van der Waals surface area contributed by atoms with Crippen molar-refractivity contribution in [2.45, 2.75) is 72.1 Å². The van der Waals surface area contributed by atoms with Gasteiger partial charge in [-0.25, -0.2) is 0 Å². The molecule has 6 heteroatoms. The van der Waals surface area contributed by atoms with Crippen LogP contribution in [0.15, 0.2) is 12.1 Å². The van der Waals surface area contributed by atoms with E-state index in [0.29, 0.717) is 19.8 Å². The Labute approximate surface area is 177 Å². The second kappa shape index (κ2) is 8.91. The van der Waals surface area contributed by atoms with Gasteiger partial charge >= 0.3 is 5.97 Å². The van der Waals surface area contributed by atoms with Crippen LogP contribution < -0.4 is 4.74 Å². The second-order valence-corrected chi connectivity index (χ2v) is 11.2. The summed E-state index contributed by atoms with van der Waals surface area (Å²) >= 11 is 0. The van der Waals surface area contributed by atoms with E-state index in [1.54, 1.807) is 0 Å². The van der Waals surface area contributed by atoms with Gasteiger partial charge in [-0.1, -0.05) is 60.6 Å². The van der Waals surface area contributed by atoms with Gasteiger partial charge in [0.25, 0.3) is 0 Å². The highest BCUT2D eigenvalue weighted by molar-refractivity contribution is 7.26. The van der Waals surface area contributed by atoms with Gasteiger partial charge in [-0.15, -0.1) is 0 Å². The zero-order valence-electron chi connectivity index (χ0n) is 19.4. The number of esters is 1. The summed E-state index contributed by atoms with van der Waals surface area (Å²) in [5, 5.41) is 0. The Balaban J connectivity index is 2.55. The molecule has 2 rings (SSSR count). The van der Waals surface area contributed by atoms with Crippen LogP contribution in [0.4, 0.5) is 0 Å². The zero-order valence-corrected chi connectivity index (χ0v) is 20.4. The Morgan fingerprint density at radius 2 is 1.59 bits per heavy atom. The third-order valence-corrected chi connectivity index (χ3v) is 5.83. The number of ether oxygens (including phenoxy) is 2. The highest BCUT2D eigenvalue weighted by Crippen LogP contribution is 2.43. The Morgan fingerprint density at radius 3 is 2.00 bits per heavy atom. The third kappa shape index (κ3) is 5.93. The van der Waals surface area contributed by atoms with Gasteiger partial charge in [-0.05, 0) is 23.3 Å². The maximum absolute atomic E-state index is 12.2. The summed E-state index contributed by atoms with van der Waals surface area (Å²) in [7, 11) is 1.54. The van der Waals surface area contributed by atoms with Crippen molar-refractivity contribution >= 4 is 15.0 Å². The van der Waals surface area contributed by atoms with Gasteiger partial charge in [0.1, 0.15) is 5.75 Å². The molecule has 0 spiro atoms. The molecule has 0 radical (unpaired) electrons. The standard InChI is InChI=1S/C23H37O5P/c1-15(20(24)25-9)16-10-17(21(2,3)4)19(18(11-16)22(5,6)7)26-12-23(8)13-27-29-28-14-23/h10-11,15,29H,12-14H2,1-9H3. The van der Waals surface area contributed by atoms with Crippen molar-refractivity contribution in [1.82, 2.24) is 0 Å². The van der Waals surface area contributed by atoms with E-state index in [0.717, 1.165) is 22.4 Å². The van der Waals surface area contributed by atoms with Crippen molar-refractivity contribution in [1.29, 1.82) is 0 Å². The Hall–Kier alpha value is -1.16. The quantitative estimate of drug-likeness (QED) is 0.462. The fourth-order valence-electron chi connectivity index (χ4n) is 3.30. The van der Waals surface area contributed by atoms with E-state index in [1.807, 2.05) is 6.92 Å². The largest absolute Gasteiger partial charge is 0.492 e. The SMILES string of the molecule is COC(=O)C(C)c1cc(C(C)(C)C)c(OCC2(C)COPOC2)c(C(C)(C)C)c1. The van der Waals surface area contributed by atoms with Crippen LogP contribution in [0.2, 0.25) is 0 Å². The fraction of sp³-hybridized carbons (Fsp3) is 0.696. The average Bonchev–Trinajstić information content (AvgIpc) is 2.63. The predicted molar refractivity (Wildman–Crippen MR) is 118 cm³/mol. The molecule has 0 saturated carbocycles. The molecular formula is C23H37O5P. The summed E-state index contributed by atoms with van der Waals surface area (Å²) in [4.78, 5) is 12.2. The summed E-state index contributed by atoms with van der Waals surface area (Å²) in [6, 6.07) is 4.20. The number of carbonyl (C=O) groups excluding carboxylic acids is 1. The highest BCUT2D eigenvalue weighted by Gasteiger charge is 2.34. The lowest BCUT2D eigenvalue weighted by Crippen LogP contribution is -2.37. The molecule has 0 N–H and O–H groups in total. The molecule has 1 aliphatic rings. The molecule has 0 aromatic heterocycles. The van der Waals surface area contributed by atoms with Crippen LogP contribution in [-0.4, -0.2) is 32.9 Å². The summed E-state index contributed by atoms with van der Waals surface area (Å²) < 4.78 is 22.6. The molecule has 1 aromatic carbocycles. The first-order valence-electron chi connectivity index (χ1n) is 10.2. The third-order valence-electron chi connectivity index (χ3n) is 5.31. The normalized spacial score (nSPS) is 22.4. The van der Waals surface area contributed by atoms with Gasteiger partial charge in [0, 0.05) is 16.5 Å². The minimum Gasteiger partial charge on any atom is -0.492 e. The molecule has 1 unspecified atom stereocenters. The van der Waals surface area contributed by atoms with Crippen LogP contribution in [0.1, 0.15) is 78.0 Å². The molecular weight excluding hydrogens is 387 g/mol. The van der Waals surface area contributed by atoms with Gasteiger partial charge in [0.15, 0.2) is 9.03 Å². The number of benzene rings is 1. The van der Waals surface area contributed by atoms with Gasteiger partial charge in [-0.3, -0.25) is 4.79 Å². The van der Waals surface area contributed by atoms with E-state index in [4.69, 9.17) is 18.5 Å². The van der Waals surface area contributed by atoms with Crippen LogP contribution in [0.3, 0.4) is 0 Å². The summed E-state index contributed by atoms with van der Waals surface area (Å²) in [5.74, 6) is 0.332. The second-order valence-electron chi connectivity index (χ2n) is 10.5. The maximum Gasteiger partial charge on any atom is 0.312 e. The monoisotopic (exact) mass is 424 g/mol. The van der Waals surface area contributed by atoms with E-state index < -0.39 is 0 Å². The lowest BCUT2D eigenvalue weighted by molar-refractivity contribution is -0.142. The van der Waals surface area contributed by atoms with Gasteiger partial charge < -0.3 is 18.5 Å². The van der Waals surface area contributed by atoms with E-state index in [9.17, 15) is 4.79 Å².